The van der Waals surface area contributed by atoms with Gasteiger partial charge >= 0.3 is 0 Å². The van der Waals surface area contributed by atoms with E-state index in [-0.39, 0.29) is 16.2 Å². The van der Waals surface area contributed by atoms with Crippen LogP contribution in [0.2, 0.25) is 0 Å². The van der Waals surface area contributed by atoms with Gasteiger partial charge in [-0.15, -0.1) is 0 Å². The first-order valence-electron chi connectivity index (χ1n) is 14.5. The fraction of sp³-hybridized carbons (Fsp3) is 0.303. The Bertz CT molecular complexity index is 1880. The number of carbonyl (C=O) groups excluding carboxylic acids is 1. The monoisotopic (exact) mass is 599 g/mol. The fourth-order valence-corrected chi connectivity index (χ4v) is 6.65. The first-order valence-corrected chi connectivity index (χ1v) is 16.0. The number of fused-ring (bicyclic) bond motifs is 2. The van der Waals surface area contributed by atoms with E-state index in [0.29, 0.717) is 31.1 Å². The molecule has 0 spiro atoms. The van der Waals surface area contributed by atoms with Gasteiger partial charge in [0.05, 0.1) is 18.1 Å². The third kappa shape index (κ3) is 6.04. The average Bonchev–Trinajstić information content (AvgIpc) is 3.62. The van der Waals surface area contributed by atoms with Crippen molar-refractivity contribution in [2.24, 2.45) is 0 Å². The number of benzene rings is 3. The van der Waals surface area contributed by atoms with Gasteiger partial charge in [-0.2, -0.15) is 0 Å². The van der Waals surface area contributed by atoms with Gasteiger partial charge in [-0.25, -0.2) is 8.42 Å². The van der Waals surface area contributed by atoms with E-state index < -0.39 is 10.0 Å². The van der Waals surface area contributed by atoms with Crippen molar-refractivity contribution < 1.29 is 17.9 Å². The summed E-state index contributed by atoms with van der Waals surface area (Å²) in [5, 5.41) is 4.79. The van der Waals surface area contributed by atoms with Crippen LogP contribution in [0.25, 0.3) is 32.9 Å². The molecule has 1 saturated heterocycles. The number of hydrogen-bond acceptors (Lipinski definition) is 5. The maximum absolute atomic E-state index is 13.6. The quantitative estimate of drug-likeness (QED) is 0.188. The van der Waals surface area contributed by atoms with Crippen molar-refractivity contribution in [2.75, 3.05) is 44.1 Å². The summed E-state index contributed by atoms with van der Waals surface area (Å²) in [7, 11) is -3.84. The van der Waals surface area contributed by atoms with E-state index in [9.17, 15) is 13.2 Å². The molecule has 0 atom stereocenters. The maximum Gasteiger partial charge on any atom is 0.268 e. The maximum atomic E-state index is 13.6. The number of nitrogens with one attached hydrogen (secondary N) is 4. The van der Waals surface area contributed by atoms with Crippen molar-refractivity contribution in [3.63, 3.8) is 0 Å². The van der Waals surface area contributed by atoms with E-state index in [0.717, 1.165) is 58.1 Å². The Morgan fingerprint density at radius 3 is 2.47 bits per heavy atom. The predicted octanol–water partition coefficient (Wildman–Crippen LogP) is 5.48. The molecule has 1 amide bonds. The van der Waals surface area contributed by atoms with Gasteiger partial charge in [-0.05, 0) is 59.0 Å². The lowest BCUT2D eigenvalue weighted by molar-refractivity contribution is 0.0383. The topological polar surface area (TPSA) is 119 Å². The summed E-state index contributed by atoms with van der Waals surface area (Å²) >= 11 is 0. The SMILES string of the molecule is CC(C)(C)c1ccc(S(=O)(=O)Nc2ccc3[nH]c(C(=O)NCCN4CCOCC4)c(-c4cccc5[nH]ccc45)c3c2)cc1. The smallest absolute Gasteiger partial charge is 0.268 e. The summed E-state index contributed by atoms with van der Waals surface area (Å²) in [5.74, 6) is -0.215. The Morgan fingerprint density at radius 1 is 0.953 bits per heavy atom. The Hall–Kier alpha value is -4.12. The van der Waals surface area contributed by atoms with Crippen molar-refractivity contribution in [2.45, 2.75) is 31.1 Å². The van der Waals surface area contributed by atoms with Gasteiger partial charge in [0.2, 0.25) is 0 Å². The summed E-state index contributed by atoms with van der Waals surface area (Å²) in [4.78, 5) is 22.6. The molecule has 0 aliphatic carbocycles. The lowest BCUT2D eigenvalue weighted by Crippen LogP contribution is -2.41. The zero-order valence-corrected chi connectivity index (χ0v) is 25.5. The molecule has 1 aliphatic heterocycles. The van der Waals surface area contributed by atoms with Crippen LogP contribution >= 0.6 is 0 Å². The normalized spacial score (nSPS) is 14.8. The summed E-state index contributed by atoms with van der Waals surface area (Å²) < 4.78 is 34.9. The number of hydrogen-bond donors (Lipinski definition) is 4. The van der Waals surface area contributed by atoms with Crippen LogP contribution in [0.1, 0.15) is 36.8 Å². The van der Waals surface area contributed by atoms with Crippen LogP contribution in [-0.2, 0) is 20.2 Å². The Labute approximate surface area is 251 Å². The van der Waals surface area contributed by atoms with E-state index in [1.807, 2.05) is 42.6 Å². The van der Waals surface area contributed by atoms with Crippen LogP contribution in [0.4, 0.5) is 5.69 Å². The molecule has 1 fully saturated rings. The second kappa shape index (κ2) is 11.5. The van der Waals surface area contributed by atoms with Crippen LogP contribution in [0.5, 0.6) is 0 Å². The van der Waals surface area contributed by atoms with Crippen molar-refractivity contribution in [3.05, 3.63) is 84.2 Å². The van der Waals surface area contributed by atoms with Gasteiger partial charge in [0, 0.05) is 65.4 Å². The predicted molar refractivity (Wildman–Crippen MR) is 171 cm³/mol. The molecule has 0 unspecified atom stereocenters. The molecule has 5 aromatic rings. The van der Waals surface area contributed by atoms with E-state index >= 15 is 0 Å². The zero-order chi connectivity index (χ0) is 30.2. The van der Waals surface area contributed by atoms with E-state index in [2.05, 4.69) is 45.7 Å². The van der Waals surface area contributed by atoms with Gasteiger partial charge < -0.3 is 20.0 Å². The molecular formula is C33H37N5O4S. The fourth-order valence-electron chi connectivity index (χ4n) is 5.60. The molecular weight excluding hydrogens is 562 g/mol. The summed E-state index contributed by atoms with van der Waals surface area (Å²) in [6.45, 7) is 10.6. The lowest BCUT2D eigenvalue weighted by Gasteiger charge is -2.26. The third-order valence-corrected chi connectivity index (χ3v) is 9.39. The number of carbonyl (C=O) groups is 1. The zero-order valence-electron chi connectivity index (χ0n) is 24.7. The third-order valence-electron chi connectivity index (χ3n) is 7.99. The number of aromatic nitrogens is 2. The molecule has 2 aromatic heterocycles. The first kappa shape index (κ1) is 29.0. The number of rotatable bonds is 8. The highest BCUT2D eigenvalue weighted by atomic mass is 32.2. The standard InChI is InChI=1S/C33H37N5O4S/c1-33(2,3)22-7-10-24(11-8-22)43(40,41)37-23-9-12-29-27(21-23)30(26-5-4-6-28-25(26)13-14-34-28)31(36-29)32(39)35-15-16-38-17-19-42-20-18-38/h4-14,21,34,36-37H,15-20H2,1-3H3,(H,35,39). The molecule has 10 heteroatoms. The molecule has 3 aromatic carbocycles. The molecule has 3 heterocycles. The molecule has 0 bridgehead atoms. The summed E-state index contributed by atoms with van der Waals surface area (Å²) in [6.07, 6.45) is 1.87. The van der Waals surface area contributed by atoms with Gasteiger partial charge in [-0.1, -0.05) is 45.0 Å². The van der Waals surface area contributed by atoms with Crippen molar-refractivity contribution >= 4 is 43.4 Å². The van der Waals surface area contributed by atoms with Crippen LogP contribution in [0.15, 0.2) is 77.8 Å². The number of aromatic amines is 2. The minimum Gasteiger partial charge on any atom is -0.379 e. The summed E-state index contributed by atoms with van der Waals surface area (Å²) in [5.41, 5.74) is 5.09. The number of anilines is 1. The highest BCUT2D eigenvalue weighted by Gasteiger charge is 2.23. The minimum absolute atomic E-state index is 0.0831. The Morgan fingerprint density at radius 2 is 1.72 bits per heavy atom. The van der Waals surface area contributed by atoms with Gasteiger partial charge in [-0.3, -0.25) is 14.4 Å². The number of sulfonamides is 1. The van der Waals surface area contributed by atoms with Crippen LogP contribution < -0.4 is 10.0 Å². The highest BCUT2D eigenvalue weighted by molar-refractivity contribution is 7.92. The molecule has 6 rings (SSSR count). The first-order chi connectivity index (χ1) is 20.6. The molecule has 9 nitrogen and oxygen atoms in total. The average molecular weight is 600 g/mol. The molecule has 4 N–H and O–H groups in total. The molecule has 1 aliphatic rings. The lowest BCUT2D eigenvalue weighted by atomic mass is 9.87. The number of nitrogens with zero attached hydrogens (tertiary/aromatic N) is 1. The van der Waals surface area contributed by atoms with Crippen LogP contribution in [0, 0.1) is 0 Å². The number of H-pyrrole nitrogens is 2. The Kier molecular flexibility index (Phi) is 7.76. The number of amides is 1. The number of ether oxygens (including phenoxy) is 1. The van der Waals surface area contributed by atoms with Gasteiger partial charge in [0.1, 0.15) is 5.69 Å². The molecule has 0 saturated carbocycles. The largest absolute Gasteiger partial charge is 0.379 e. The van der Waals surface area contributed by atoms with Crippen molar-refractivity contribution in [1.29, 1.82) is 0 Å². The van der Waals surface area contributed by atoms with Crippen molar-refractivity contribution in [1.82, 2.24) is 20.2 Å². The van der Waals surface area contributed by atoms with Crippen molar-refractivity contribution in [3.8, 4) is 11.1 Å². The van der Waals surface area contributed by atoms with Gasteiger partial charge in [0.15, 0.2) is 0 Å². The van der Waals surface area contributed by atoms with Gasteiger partial charge in [0.25, 0.3) is 15.9 Å². The summed E-state index contributed by atoms with van der Waals surface area (Å²) in [6, 6.07) is 20.2. The van der Waals surface area contributed by atoms with Crippen LogP contribution in [0.3, 0.4) is 0 Å². The highest BCUT2D eigenvalue weighted by Crippen LogP contribution is 2.38. The molecule has 43 heavy (non-hydrogen) atoms. The molecule has 224 valence electrons. The van der Waals surface area contributed by atoms with Crippen LogP contribution in [-0.4, -0.2) is 68.6 Å². The van der Waals surface area contributed by atoms with E-state index in [4.69, 9.17) is 4.74 Å². The second-order valence-corrected chi connectivity index (χ2v) is 13.7. The Balaban J connectivity index is 1.35. The van der Waals surface area contributed by atoms with E-state index in [1.54, 1.807) is 30.3 Å². The molecule has 0 radical (unpaired) electrons. The minimum atomic E-state index is -3.84. The van der Waals surface area contributed by atoms with E-state index in [1.165, 1.54) is 0 Å². The second-order valence-electron chi connectivity index (χ2n) is 12.0. The number of morpholine rings is 1.